The maximum absolute atomic E-state index is 13.6. The molecule has 0 fully saturated rings. The zero-order valence-corrected chi connectivity index (χ0v) is 19.2. The monoisotopic (exact) mass is 498 g/mol. The molecular formula is C24H21F3N6O3. The molecule has 9 nitrogen and oxygen atoms in total. The number of aliphatic carboxylic acids is 1. The molecule has 1 aromatic carbocycles. The SMILES string of the molecule is Cc1cc(-c2c(OCc3nccn3C(C)C(=O)O)nc(N)nc2-c2ccc(F)cc2)cc(C(F)F)n1. The minimum absolute atomic E-state index is 0.0508. The minimum atomic E-state index is -2.83. The van der Waals surface area contributed by atoms with Crippen LogP contribution in [0.15, 0.2) is 48.8 Å². The van der Waals surface area contributed by atoms with Gasteiger partial charge in [-0.25, -0.2) is 27.9 Å². The number of aryl methyl sites for hydroxylation is 1. The Hall–Kier alpha value is -4.48. The van der Waals surface area contributed by atoms with Gasteiger partial charge in [0.05, 0.1) is 11.3 Å². The summed E-state index contributed by atoms with van der Waals surface area (Å²) in [6, 6.07) is 7.23. The van der Waals surface area contributed by atoms with Crippen molar-refractivity contribution >= 4 is 11.9 Å². The predicted octanol–water partition coefficient (Wildman–Crippen LogP) is 4.59. The van der Waals surface area contributed by atoms with Gasteiger partial charge in [0.2, 0.25) is 11.8 Å². The summed E-state index contributed by atoms with van der Waals surface area (Å²) in [4.78, 5) is 27.9. The fourth-order valence-corrected chi connectivity index (χ4v) is 3.65. The van der Waals surface area contributed by atoms with Crippen LogP contribution in [0.2, 0.25) is 0 Å². The van der Waals surface area contributed by atoms with E-state index in [4.69, 9.17) is 10.5 Å². The molecule has 12 heteroatoms. The normalized spacial score (nSPS) is 12.1. The first kappa shape index (κ1) is 24.6. The van der Waals surface area contributed by atoms with Crippen molar-refractivity contribution < 1.29 is 27.8 Å². The molecule has 0 saturated carbocycles. The van der Waals surface area contributed by atoms with Crippen LogP contribution in [0, 0.1) is 12.7 Å². The lowest BCUT2D eigenvalue weighted by molar-refractivity contribution is -0.140. The van der Waals surface area contributed by atoms with Crippen LogP contribution in [-0.4, -0.2) is 35.6 Å². The van der Waals surface area contributed by atoms with E-state index in [1.807, 2.05) is 0 Å². The number of nitrogens with zero attached hydrogens (tertiary/aromatic N) is 5. The second kappa shape index (κ2) is 10.0. The average Bonchev–Trinajstić information content (AvgIpc) is 3.30. The Kier molecular flexibility index (Phi) is 6.86. The van der Waals surface area contributed by atoms with Gasteiger partial charge in [-0.15, -0.1) is 0 Å². The first-order chi connectivity index (χ1) is 17.1. The Morgan fingerprint density at radius 1 is 1.14 bits per heavy atom. The summed E-state index contributed by atoms with van der Waals surface area (Å²) >= 11 is 0. The van der Waals surface area contributed by atoms with Crippen molar-refractivity contribution in [3.8, 4) is 28.3 Å². The second-order valence-electron chi connectivity index (χ2n) is 7.89. The summed E-state index contributed by atoms with van der Waals surface area (Å²) in [7, 11) is 0. The topological polar surface area (TPSA) is 129 Å². The van der Waals surface area contributed by atoms with Crippen molar-refractivity contribution in [3.63, 3.8) is 0 Å². The maximum Gasteiger partial charge on any atom is 0.326 e. The molecule has 1 unspecified atom stereocenters. The molecule has 0 spiro atoms. The van der Waals surface area contributed by atoms with E-state index in [9.17, 15) is 23.1 Å². The van der Waals surface area contributed by atoms with Crippen LogP contribution in [0.25, 0.3) is 22.4 Å². The van der Waals surface area contributed by atoms with E-state index >= 15 is 0 Å². The van der Waals surface area contributed by atoms with Gasteiger partial charge < -0.3 is 20.1 Å². The number of ether oxygens (including phenoxy) is 1. The van der Waals surface area contributed by atoms with Crippen LogP contribution >= 0.6 is 0 Å². The Morgan fingerprint density at radius 2 is 1.86 bits per heavy atom. The number of nitrogens with two attached hydrogens (primary N) is 1. The molecule has 3 heterocycles. The fourth-order valence-electron chi connectivity index (χ4n) is 3.65. The average molecular weight is 498 g/mol. The molecule has 0 saturated heterocycles. The van der Waals surface area contributed by atoms with E-state index in [0.29, 0.717) is 11.3 Å². The van der Waals surface area contributed by atoms with Gasteiger partial charge in [-0.1, -0.05) is 0 Å². The molecule has 36 heavy (non-hydrogen) atoms. The lowest BCUT2D eigenvalue weighted by Gasteiger charge is -2.17. The van der Waals surface area contributed by atoms with E-state index in [-0.39, 0.29) is 41.1 Å². The van der Waals surface area contributed by atoms with E-state index in [1.54, 1.807) is 13.0 Å². The summed E-state index contributed by atoms with van der Waals surface area (Å²) in [5, 5.41) is 9.35. The van der Waals surface area contributed by atoms with Crippen LogP contribution in [0.4, 0.5) is 19.1 Å². The number of anilines is 1. The number of carboxylic acid groups (broad SMARTS) is 1. The number of imidazole rings is 1. The molecule has 3 aromatic heterocycles. The highest BCUT2D eigenvalue weighted by atomic mass is 19.3. The van der Waals surface area contributed by atoms with E-state index in [0.717, 1.165) is 0 Å². The molecule has 0 aliphatic heterocycles. The van der Waals surface area contributed by atoms with Crippen LogP contribution in [0.3, 0.4) is 0 Å². The number of benzene rings is 1. The quantitative estimate of drug-likeness (QED) is 0.361. The zero-order chi connectivity index (χ0) is 26.0. The van der Waals surface area contributed by atoms with Crippen molar-refractivity contribution in [1.82, 2.24) is 24.5 Å². The van der Waals surface area contributed by atoms with Crippen LogP contribution < -0.4 is 10.5 Å². The van der Waals surface area contributed by atoms with Crippen LogP contribution in [-0.2, 0) is 11.4 Å². The third-order valence-corrected chi connectivity index (χ3v) is 5.36. The Labute approximate surface area is 203 Å². The first-order valence-corrected chi connectivity index (χ1v) is 10.7. The molecule has 186 valence electrons. The van der Waals surface area contributed by atoms with Crippen LogP contribution in [0.5, 0.6) is 5.88 Å². The van der Waals surface area contributed by atoms with Crippen molar-refractivity contribution in [3.05, 3.63) is 71.8 Å². The Balaban J connectivity index is 1.86. The lowest BCUT2D eigenvalue weighted by Crippen LogP contribution is -2.18. The number of carboxylic acids is 1. The van der Waals surface area contributed by atoms with Crippen molar-refractivity contribution in [2.45, 2.75) is 32.9 Å². The molecule has 3 N–H and O–H groups in total. The number of nitrogen functional groups attached to an aromatic ring is 1. The van der Waals surface area contributed by atoms with E-state index in [2.05, 4.69) is 19.9 Å². The molecule has 0 bridgehead atoms. The summed E-state index contributed by atoms with van der Waals surface area (Å²) in [6.45, 7) is 2.85. The predicted molar refractivity (Wildman–Crippen MR) is 124 cm³/mol. The number of rotatable bonds is 8. The minimum Gasteiger partial charge on any atom is -0.480 e. The third-order valence-electron chi connectivity index (χ3n) is 5.36. The number of aromatic nitrogens is 5. The number of hydrogen-bond acceptors (Lipinski definition) is 7. The molecule has 4 aromatic rings. The molecular weight excluding hydrogens is 477 g/mol. The zero-order valence-electron chi connectivity index (χ0n) is 19.2. The van der Waals surface area contributed by atoms with Gasteiger partial charge in [0.1, 0.15) is 30.0 Å². The first-order valence-electron chi connectivity index (χ1n) is 10.7. The smallest absolute Gasteiger partial charge is 0.326 e. The van der Waals surface area contributed by atoms with Gasteiger partial charge in [0.25, 0.3) is 6.43 Å². The Morgan fingerprint density at radius 3 is 2.53 bits per heavy atom. The maximum atomic E-state index is 13.6. The number of carbonyl (C=O) groups is 1. The summed E-state index contributed by atoms with van der Waals surface area (Å²) in [6.07, 6.45) is 0.0954. The highest BCUT2D eigenvalue weighted by Gasteiger charge is 2.23. The summed E-state index contributed by atoms with van der Waals surface area (Å²) < 4.78 is 48.0. The van der Waals surface area contributed by atoms with Crippen LogP contribution in [0.1, 0.15) is 36.6 Å². The van der Waals surface area contributed by atoms with Gasteiger partial charge in [-0.05, 0) is 55.8 Å². The molecule has 0 radical (unpaired) electrons. The summed E-state index contributed by atoms with van der Waals surface area (Å²) in [5.41, 5.74) is 6.99. The van der Waals surface area contributed by atoms with Gasteiger partial charge in [0, 0.05) is 23.7 Å². The number of halogens is 3. The number of hydrogen-bond donors (Lipinski definition) is 2. The van der Waals surface area contributed by atoms with Crippen molar-refractivity contribution in [1.29, 1.82) is 0 Å². The van der Waals surface area contributed by atoms with Gasteiger partial charge in [0.15, 0.2) is 0 Å². The second-order valence-corrected chi connectivity index (χ2v) is 7.89. The standard InChI is InChI=1S/C24H21F3N6O3/c1-12-9-15(10-17(30-12)21(26)27)19-20(14-3-5-16(25)6-4-14)31-24(28)32-22(19)36-11-18-29-7-8-33(18)13(2)23(34)35/h3-10,13,21H,11H2,1-2H3,(H,34,35)(H2,28,31,32). The van der Waals surface area contributed by atoms with Crippen molar-refractivity contribution in [2.75, 3.05) is 5.73 Å². The highest BCUT2D eigenvalue weighted by Crippen LogP contribution is 2.39. The number of pyridine rings is 1. The van der Waals surface area contributed by atoms with E-state index < -0.39 is 29.9 Å². The fraction of sp³-hybridized carbons (Fsp3) is 0.208. The molecule has 0 aliphatic carbocycles. The van der Waals surface area contributed by atoms with Gasteiger partial charge in [-0.2, -0.15) is 4.98 Å². The largest absolute Gasteiger partial charge is 0.480 e. The van der Waals surface area contributed by atoms with Gasteiger partial charge in [-0.3, -0.25) is 4.98 Å². The molecule has 0 amide bonds. The molecule has 4 rings (SSSR count). The lowest BCUT2D eigenvalue weighted by atomic mass is 9.99. The summed E-state index contributed by atoms with van der Waals surface area (Å²) in [5.74, 6) is -1.47. The van der Waals surface area contributed by atoms with Gasteiger partial charge >= 0.3 is 5.97 Å². The third kappa shape index (κ3) is 5.11. The highest BCUT2D eigenvalue weighted by molar-refractivity contribution is 5.85. The van der Waals surface area contributed by atoms with Crippen molar-refractivity contribution in [2.24, 2.45) is 0 Å². The van der Waals surface area contributed by atoms with E-state index in [1.165, 1.54) is 54.2 Å². The number of alkyl halides is 2. The molecule has 1 atom stereocenters. The molecule has 0 aliphatic rings. The Bertz CT molecular complexity index is 1410.